The van der Waals surface area contributed by atoms with E-state index in [0.29, 0.717) is 23.7 Å². The van der Waals surface area contributed by atoms with Gasteiger partial charge in [0.25, 0.3) is 11.8 Å². The van der Waals surface area contributed by atoms with Gasteiger partial charge in [0.2, 0.25) is 11.5 Å². The Labute approximate surface area is 241 Å². The predicted octanol–water partition coefficient (Wildman–Crippen LogP) is 4.16. The van der Waals surface area contributed by atoms with Crippen LogP contribution in [-0.2, 0) is 19.1 Å². The van der Waals surface area contributed by atoms with Crippen molar-refractivity contribution in [1.29, 1.82) is 0 Å². The first kappa shape index (κ1) is 27.8. The quantitative estimate of drug-likeness (QED) is 0.241. The minimum absolute atomic E-state index is 0.0166. The number of terminal acetylenes is 1. The van der Waals surface area contributed by atoms with Gasteiger partial charge >= 0.3 is 6.18 Å². The molecular weight excluding hydrogens is 569 g/mol. The van der Waals surface area contributed by atoms with E-state index in [1.807, 2.05) is 0 Å². The van der Waals surface area contributed by atoms with E-state index in [4.69, 9.17) is 15.7 Å². The summed E-state index contributed by atoms with van der Waals surface area (Å²) in [4.78, 5) is 25.0. The van der Waals surface area contributed by atoms with Crippen LogP contribution in [0, 0.1) is 25.2 Å². The number of phenolic OH excluding ortho intramolecular Hbond substituents is 1. The number of alkyl halides is 3. The maximum Gasteiger partial charge on any atom is 0.435 e. The van der Waals surface area contributed by atoms with Gasteiger partial charge in [-0.05, 0) is 37.3 Å². The molecule has 43 heavy (non-hydrogen) atoms. The number of imidazole rings is 1. The fourth-order valence-corrected chi connectivity index (χ4v) is 4.64. The van der Waals surface area contributed by atoms with Crippen molar-refractivity contribution in [3.8, 4) is 41.0 Å². The Morgan fingerprint density at radius 2 is 2.12 bits per heavy atom. The first-order valence-electron chi connectivity index (χ1n) is 13.1. The standard InChI is InChI=1S/C28H23F3N8O4/c1-3-6-32-26(41)23-15(2)9-17(11-20(23)40)42-27-25-34-12-19(39(25)8-7-33-27)18-13-38(36-24(18)28(29,30)31)14-22-35-21(37-43-22)10-16-4-5-16/h1,7-9,11-13,16,40H,4-6,10,14H2,2H3,(H,32,41). The van der Waals surface area contributed by atoms with Crippen LogP contribution in [0.4, 0.5) is 13.2 Å². The number of aromatic hydroxyl groups is 1. The number of aromatic nitrogens is 7. The van der Waals surface area contributed by atoms with Gasteiger partial charge in [-0.3, -0.25) is 13.9 Å². The minimum atomic E-state index is -4.77. The highest BCUT2D eigenvalue weighted by Crippen LogP contribution is 2.38. The molecule has 0 aliphatic heterocycles. The largest absolute Gasteiger partial charge is 0.507 e. The molecule has 4 heterocycles. The fraction of sp³-hybridized carbons (Fsp3) is 0.286. The highest BCUT2D eigenvalue weighted by Gasteiger charge is 2.38. The number of amides is 1. The maximum atomic E-state index is 14.1. The molecule has 1 fully saturated rings. The average Bonchev–Trinajstić information content (AvgIpc) is 3.29. The molecule has 1 aliphatic rings. The van der Waals surface area contributed by atoms with Crippen LogP contribution in [0.1, 0.15) is 46.2 Å². The summed E-state index contributed by atoms with van der Waals surface area (Å²) in [5.74, 6) is 2.63. The SMILES string of the molecule is C#CCNC(=O)c1c(C)cc(Oc2nccn3c(-c4cn(Cc5nc(CC6CC6)no5)nc4C(F)(F)F)cnc23)cc1O. The van der Waals surface area contributed by atoms with E-state index in [1.54, 1.807) is 6.92 Å². The van der Waals surface area contributed by atoms with E-state index in [9.17, 15) is 23.1 Å². The lowest BCUT2D eigenvalue weighted by molar-refractivity contribution is -0.141. The van der Waals surface area contributed by atoms with Gasteiger partial charge in [-0.15, -0.1) is 6.42 Å². The van der Waals surface area contributed by atoms with E-state index in [0.717, 1.165) is 17.5 Å². The number of nitrogens with zero attached hydrogens (tertiary/aromatic N) is 7. The molecule has 220 valence electrons. The lowest BCUT2D eigenvalue weighted by Crippen LogP contribution is -2.24. The van der Waals surface area contributed by atoms with Crippen molar-refractivity contribution in [3.05, 3.63) is 65.5 Å². The van der Waals surface area contributed by atoms with Crippen molar-refractivity contribution >= 4 is 11.6 Å². The molecule has 1 aromatic carbocycles. The number of hydrogen-bond donors (Lipinski definition) is 2. The third-order valence-electron chi connectivity index (χ3n) is 6.76. The second kappa shape index (κ2) is 10.8. The number of benzene rings is 1. The van der Waals surface area contributed by atoms with Gasteiger partial charge in [-0.2, -0.15) is 23.3 Å². The van der Waals surface area contributed by atoms with E-state index in [1.165, 1.54) is 41.3 Å². The number of fused-ring (bicyclic) bond motifs is 1. The summed E-state index contributed by atoms with van der Waals surface area (Å²) in [7, 11) is 0. The van der Waals surface area contributed by atoms with Crippen LogP contribution in [0.3, 0.4) is 0 Å². The zero-order chi connectivity index (χ0) is 30.3. The summed E-state index contributed by atoms with van der Waals surface area (Å²) >= 11 is 0. The molecule has 1 saturated carbocycles. The number of rotatable bonds is 9. The van der Waals surface area contributed by atoms with E-state index in [-0.39, 0.29) is 58.8 Å². The lowest BCUT2D eigenvalue weighted by Gasteiger charge is -2.12. The summed E-state index contributed by atoms with van der Waals surface area (Å²) in [5, 5.41) is 20.7. The molecule has 6 rings (SSSR count). The second-order valence-corrected chi connectivity index (χ2v) is 10.0. The molecule has 0 spiro atoms. The van der Waals surface area contributed by atoms with Crippen LogP contribution in [0.5, 0.6) is 17.4 Å². The number of ether oxygens (including phenoxy) is 1. The number of halogens is 3. The summed E-state index contributed by atoms with van der Waals surface area (Å²) in [6, 6.07) is 2.71. The van der Waals surface area contributed by atoms with Gasteiger partial charge in [0.1, 0.15) is 18.0 Å². The Morgan fingerprint density at radius 1 is 1.30 bits per heavy atom. The molecule has 12 nitrogen and oxygen atoms in total. The Balaban J connectivity index is 1.30. The Bertz CT molecular complexity index is 1860. The smallest absolute Gasteiger partial charge is 0.435 e. The highest BCUT2D eigenvalue weighted by atomic mass is 19.4. The van der Waals surface area contributed by atoms with Gasteiger partial charge < -0.3 is 19.7 Å². The molecule has 15 heteroatoms. The summed E-state index contributed by atoms with van der Waals surface area (Å²) in [5.41, 5.74) is -0.749. The number of carbonyl (C=O) groups is 1. The van der Waals surface area contributed by atoms with Crippen LogP contribution in [0.15, 0.2) is 41.4 Å². The van der Waals surface area contributed by atoms with Gasteiger partial charge in [-0.1, -0.05) is 11.1 Å². The fourth-order valence-electron chi connectivity index (χ4n) is 4.64. The van der Waals surface area contributed by atoms with Crippen molar-refractivity contribution in [2.24, 2.45) is 5.92 Å². The van der Waals surface area contributed by atoms with Gasteiger partial charge in [0, 0.05) is 31.1 Å². The summed E-state index contributed by atoms with van der Waals surface area (Å²) in [6.07, 6.45) is 8.54. The predicted molar refractivity (Wildman–Crippen MR) is 143 cm³/mol. The Morgan fingerprint density at radius 3 is 2.84 bits per heavy atom. The number of carbonyl (C=O) groups excluding carboxylic acids is 1. The van der Waals surface area contributed by atoms with Crippen molar-refractivity contribution in [1.82, 2.24) is 39.6 Å². The Kier molecular flexibility index (Phi) is 6.96. The highest BCUT2D eigenvalue weighted by molar-refractivity contribution is 5.98. The molecule has 0 radical (unpaired) electrons. The second-order valence-electron chi connectivity index (χ2n) is 10.0. The molecule has 0 unspecified atom stereocenters. The molecule has 5 aromatic rings. The minimum Gasteiger partial charge on any atom is -0.507 e. The average molecular weight is 593 g/mol. The third-order valence-corrected chi connectivity index (χ3v) is 6.76. The third kappa shape index (κ3) is 5.71. The zero-order valence-electron chi connectivity index (χ0n) is 22.6. The van der Waals surface area contributed by atoms with E-state index in [2.05, 4.69) is 36.4 Å². The molecule has 0 atom stereocenters. The van der Waals surface area contributed by atoms with Crippen molar-refractivity contribution < 1.29 is 32.3 Å². The molecule has 1 amide bonds. The van der Waals surface area contributed by atoms with E-state index < -0.39 is 17.8 Å². The zero-order valence-corrected chi connectivity index (χ0v) is 22.6. The van der Waals surface area contributed by atoms with E-state index >= 15 is 0 Å². The monoisotopic (exact) mass is 592 g/mol. The number of nitrogens with one attached hydrogen (secondary N) is 1. The van der Waals surface area contributed by atoms with Crippen LogP contribution in [0.2, 0.25) is 0 Å². The molecule has 4 aromatic heterocycles. The van der Waals surface area contributed by atoms with Crippen LogP contribution >= 0.6 is 0 Å². The topological polar surface area (TPSA) is 145 Å². The molecule has 0 bridgehead atoms. The molecule has 1 aliphatic carbocycles. The number of aryl methyl sites for hydroxylation is 1. The van der Waals surface area contributed by atoms with Gasteiger partial charge in [0.15, 0.2) is 11.5 Å². The van der Waals surface area contributed by atoms with Crippen LogP contribution in [-0.4, -0.2) is 51.8 Å². The molecule has 0 saturated heterocycles. The first-order valence-corrected chi connectivity index (χ1v) is 13.1. The molecule has 2 N–H and O–H groups in total. The normalized spacial score (nSPS) is 13.3. The Hall–Kier alpha value is -5.39. The van der Waals surface area contributed by atoms with Crippen molar-refractivity contribution in [2.75, 3.05) is 6.54 Å². The maximum absolute atomic E-state index is 14.1. The van der Waals surface area contributed by atoms with Crippen molar-refractivity contribution in [2.45, 2.75) is 38.9 Å². The van der Waals surface area contributed by atoms with Crippen LogP contribution < -0.4 is 10.1 Å². The van der Waals surface area contributed by atoms with Gasteiger partial charge in [0.05, 0.1) is 29.6 Å². The van der Waals surface area contributed by atoms with Gasteiger partial charge in [-0.25, -0.2) is 9.97 Å². The lowest BCUT2D eigenvalue weighted by atomic mass is 10.1. The van der Waals surface area contributed by atoms with Crippen molar-refractivity contribution in [3.63, 3.8) is 0 Å². The number of hydrogen-bond acceptors (Lipinski definition) is 9. The molecular formula is C28H23F3N8O4. The van der Waals surface area contributed by atoms with Crippen LogP contribution in [0.25, 0.3) is 16.9 Å². The summed E-state index contributed by atoms with van der Waals surface area (Å²) in [6.45, 7) is 1.43. The summed E-state index contributed by atoms with van der Waals surface area (Å²) < 4.78 is 55.8. The number of phenols is 1. The first-order chi connectivity index (χ1) is 20.6.